The minimum Gasteiger partial charge on any atom is -0.464 e. The smallest absolute Gasteiger partial charge is 0.202 e. The van der Waals surface area contributed by atoms with Crippen LogP contribution in [0.5, 0.6) is 5.75 Å². The van der Waals surface area contributed by atoms with E-state index in [1.54, 1.807) is 0 Å². The third-order valence-electron chi connectivity index (χ3n) is 6.22. The fourth-order valence-electron chi connectivity index (χ4n) is 4.46. The van der Waals surface area contributed by atoms with Crippen molar-refractivity contribution in [1.29, 1.82) is 0 Å². The van der Waals surface area contributed by atoms with Gasteiger partial charge in [-0.1, -0.05) is 97.1 Å². The lowest BCUT2D eigenvalue weighted by Crippen LogP contribution is -2.50. The maximum Gasteiger partial charge on any atom is 0.202 e. The van der Waals surface area contributed by atoms with Crippen molar-refractivity contribution in [1.82, 2.24) is 0 Å². The summed E-state index contributed by atoms with van der Waals surface area (Å²) < 4.78 is 25.4. The molecule has 0 bridgehead atoms. The molecule has 4 atom stereocenters. The van der Waals surface area contributed by atoms with Crippen LogP contribution in [0, 0.1) is 0 Å². The highest BCUT2D eigenvalue weighted by atomic mass is 16.7. The molecule has 0 radical (unpaired) electrons. The molecule has 4 nitrogen and oxygen atoms in total. The number of benzene rings is 4. The lowest BCUT2D eigenvalue weighted by Gasteiger charge is -2.40. The summed E-state index contributed by atoms with van der Waals surface area (Å²) in [5, 5.41) is 2.22. The molecule has 0 N–H and O–H groups in total. The molecule has 174 valence electrons. The van der Waals surface area contributed by atoms with E-state index < -0.39 is 6.29 Å². The predicted molar refractivity (Wildman–Crippen MR) is 134 cm³/mol. The minimum absolute atomic E-state index is 0.160. The Labute approximate surface area is 201 Å². The molecule has 5 rings (SSSR count). The molecule has 4 aromatic carbocycles. The van der Waals surface area contributed by atoms with Crippen molar-refractivity contribution in [2.45, 2.75) is 51.2 Å². The number of rotatable bonds is 8. The largest absolute Gasteiger partial charge is 0.464 e. The normalized spacial score (nSPS) is 22.5. The summed E-state index contributed by atoms with van der Waals surface area (Å²) >= 11 is 0. The van der Waals surface area contributed by atoms with Gasteiger partial charge in [0.25, 0.3) is 0 Å². The molecule has 0 aromatic heterocycles. The summed E-state index contributed by atoms with van der Waals surface area (Å²) in [4.78, 5) is 0. The van der Waals surface area contributed by atoms with E-state index in [0.717, 1.165) is 27.6 Å². The molecule has 1 fully saturated rings. The Morgan fingerprint density at radius 2 is 1.32 bits per heavy atom. The standard InChI is InChI=1S/C30H30O4/c1-22-30(32-21-24-13-6-3-7-14-24)28(31-20-23-11-4-2-5-12-23)19-29(33-22)34-27-18-10-16-25-15-8-9-17-26(25)27/h2-18,22,28-30H,19-21H2,1H3/t22-,28-,29+,30-/m0/s1. The van der Waals surface area contributed by atoms with E-state index in [9.17, 15) is 0 Å². The highest BCUT2D eigenvalue weighted by Gasteiger charge is 2.39. The van der Waals surface area contributed by atoms with E-state index in [-0.39, 0.29) is 18.3 Å². The van der Waals surface area contributed by atoms with Crippen LogP contribution in [0.15, 0.2) is 103 Å². The molecule has 0 unspecified atom stereocenters. The molecule has 0 saturated carbocycles. The van der Waals surface area contributed by atoms with E-state index in [0.29, 0.717) is 19.6 Å². The molecular weight excluding hydrogens is 424 g/mol. The van der Waals surface area contributed by atoms with E-state index >= 15 is 0 Å². The van der Waals surface area contributed by atoms with Crippen molar-refractivity contribution in [3.05, 3.63) is 114 Å². The van der Waals surface area contributed by atoms with Gasteiger partial charge in [-0.25, -0.2) is 0 Å². The van der Waals surface area contributed by atoms with Gasteiger partial charge < -0.3 is 18.9 Å². The quantitative estimate of drug-likeness (QED) is 0.304. The van der Waals surface area contributed by atoms with Gasteiger partial charge in [0.05, 0.1) is 25.4 Å². The molecule has 1 heterocycles. The lowest BCUT2D eigenvalue weighted by atomic mass is 10.0. The van der Waals surface area contributed by atoms with Gasteiger partial charge in [0.2, 0.25) is 6.29 Å². The van der Waals surface area contributed by atoms with Crippen molar-refractivity contribution in [2.24, 2.45) is 0 Å². The van der Waals surface area contributed by atoms with E-state index in [1.807, 2.05) is 67.6 Å². The van der Waals surface area contributed by atoms with E-state index in [1.165, 1.54) is 0 Å². The molecule has 1 saturated heterocycles. The first kappa shape index (κ1) is 22.6. The fraction of sp³-hybridized carbons (Fsp3) is 0.267. The molecule has 4 heteroatoms. The molecule has 1 aliphatic rings. The highest BCUT2D eigenvalue weighted by molar-refractivity contribution is 5.88. The average Bonchev–Trinajstić information content (AvgIpc) is 2.88. The van der Waals surface area contributed by atoms with Crippen LogP contribution in [0.1, 0.15) is 24.5 Å². The number of hydrogen-bond acceptors (Lipinski definition) is 4. The maximum atomic E-state index is 6.41. The molecule has 1 aliphatic heterocycles. The van der Waals surface area contributed by atoms with Crippen molar-refractivity contribution in [2.75, 3.05) is 0 Å². The van der Waals surface area contributed by atoms with Gasteiger partial charge in [0.1, 0.15) is 11.9 Å². The molecule has 34 heavy (non-hydrogen) atoms. The van der Waals surface area contributed by atoms with Crippen LogP contribution in [0.2, 0.25) is 0 Å². The fourth-order valence-corrected chi connectivity index (χ4v) is 4.46. The second kappa shape index (κ2) is 10.8. The van der Waals surface area contributed by atoms with Gasteiger partial charge in [0, 0.05) is 11.8 Å². The summed E-state index contributed by atoms with van der Waals surface area (Å²) in [6, 6.07) is 34.7. The maximum absolute atomic E-state index is 6.41. The Kier molecular flexibility index (Phi) is 7.20. The number of fused-ring (bicyclic) bond motifs is 1. The van der Waals surface area contributed by atoms with Gasteiger partial charge >= 0.3 is 0 Å². The first-order chi connectivity index (χ1) is 16.8. The van der Waals surface area contributed by atoms with Crippen molar-refractivity contribution < 1.29 is 18.9 Å². The predicted octanol–water partition coefficient (Wildman–Crippen LogP) is 6.52. The zero-order chi connectivity index (χ0) is 23.2. The highest BCUT2D eigenvalue weighted by Crippen LogP contribution is 2.32. The first-order valence-electron chi connectivity index (χ1n) is 11.9. The van der Waals surface area contributed by atoms with Gasteiger partial charge in [-0.3, -0.25) is 0 Å². The summed E-state index contributed by atoms with van der Waals surface area (Å²) in [5.74, 6) is 0.820. The van der Waals surface area contributed by atoms with Crippen LogP contribution in [0.4, 0.5) is 0 Å². The number of hydrogen-bond donors (Lipinski definition) is 0. The Hall–Kier alpha value is -3.18. The van der Waals surface area contributed by atoms with E-state index in [2.05, 4.69) is 42.5 Å². The Morgan fingerprint density at radius 1 is 0.706 bits per heavy atom. The Morgan fingerprint density at radius 3 is 2.06 bits per heavy atom. The summed E-state index contributed by atoms with van der Waals surface area (Å²) in [7, 11) is 0. The zero-order valence-electron chi connectivity index (χ0n) is 19.4. The zero-order valence-corrected chi connectivity index (χ0v) is 19.4. The lowest BCUT2D eigenvalue weighted by molar-refractivity contribution is -0.242. The van der Waals surface area contributed by atoms with Crippen molar-refractivity contribution in [3.63, 3.8) is 0 Å². The van der Waals surface area contributed by atoms with Gasteiger partial charge in [-0.05, 0) is 29.5 Å². The summed E-state index contributed by atoms with van der Waals surface area (Å²) in [5.41, 5.74) is 2.26. The van der Waals surface area contributed by atoms with Crippen LogP contribution < -0.4 is 4.74 Å². The topological polar surface area (TPSA) is 36.9 Å². The van der Waals surface area contributed by atoms with Crippen LogP contribution in [0.3, 0.4) is 0 Å². The monoisotopic (exact) mass is 454 g/mol. The molecule has 0 amide bonds. The average molecular weight is 455 g/mol. The molecule has 4 aromatic rings. The second-order valence-corrected chi connectivity index (χ2v) is 8.70. The third-order valence-corrected chi connectivity index (χ3v) is 6.22. The minimum atomic E-state index is -0.418. The van der Waals surface area contributed by atoms with Crippen LogP contribution >= 0.6 is 0 Å². The second-order valence-electron chi connectivity index (χ2n) is 8.70. The molecule has 0 spiro atoms. The molecule has 0 aliphatic carbocycles. The van der Waals surface area contributed by atoms with Crippen LogP contribution in [-0.2, 0) is 27.4 Å². The van der Waals surface area contributed by atoms with Gasteiger partial charge in [-0.2, -0.15) is 0 Å². The Bertz CT molecular complexity index is 1170. The van der Waals surface area contributed by atoms with Crippen molar-refractivity contribution in [3.8, 4) is 5.75 Å². The number of ether oxygens (including phenoxy) is 4. The summed E-state index contributed by atoms with van der Waals surface area (Å²) in [6.07, 6.45) is -0.375. The van der Waals surface area contributed by atoms with Gasteiger partial charge in [0.15, 0.2) is 0 Å². The first-order valence-corrected chi connectivity index (χ1v) is 11.9. The SMILES string of the molecule is C[C@@H]1O[C@H](Oc2cccc3ccccc23)C[C@H](OCc2ccccc2)[C@H]1OCc1ccccc1. The van der Waals surface area contributed by atoms with E-state index in [4.69, 9.17) is 18.9 Å². The van der Waals surface area contributed by atoms with Crippen molar-refractivity contribution >= 4 is 10.8 Å². The summed E-state index contributed by atoms with van der Waals surface area (Å²) in [6.45, 7) is 3.07. The van der Waals surface area contributed by atoms with Gasteiger partial charge in [-0.15, -0.1) is 0 Å². The Balaban J connectivity index is 1.32. The van der Waals surface area contributed by atoms with Crippen LogP contribution in [0.25, 0.3) is 10.8 Å². The molecular formula is C30H30O4. The van der Waals surface area contributed by atoms with Crippen LogP contribution in [-0.4, -0.2) is 24.6 Å². The third kappa shape index (κ3) is 5.48.